The minimum absolute atomic E-state index is 0.0187. The van der Waals surface area contributed by atoms with Gasteiger partial charge in [-0.2, -0.15) is 0 Å². The summed E-state index contributed by atoms with van der Waals surface area (Å²) in [5.41, 5.74) is 5.56. The zero-order valence-electron chi connectivity index (χ0n) is 10.6. The molecule has 2 rings (SSSR count). The number of ether oxygens (including phenoxy) is 1. The van der Waals surface area contributed by atoms with E-state index in [1.165, 1.54) is 25.4 Å². The lowest BCUT2D eigenvalue weighted by Crippen LogP contribution is -2.09. The number of esters is 1. The summed E-state index contributed by atoms with van der Waals surface area (Å²) < 4.78 is 4.59. The molecule has 8 heteroatoms. The molecule has 0 aliphatic heterocycles. The van der Waals surface area contributed by atoms with Crippen molar-refractivity contribution < 1.29 is 14.3 Å². The van der Waals surface area contributed by atoms with Crippen LogP contribution in [0.5, 0.6) is 0 Å². The van der Waals surface area contributed by atoms with E-state index in [-0.39, 0.29) is 28.1 Å². The fourth-order valence-corrected chi connectivity index (χ4v) is 2.45. The van der Waals surface area contributed by atoms with Crippen LogP contribution in [0.2, 0.25) is 5.02 Å². The van der Waals surface area contributed by atoms with Gasteiger partial charge in [-0.05, 0) is 19.1 Å². The molecular weight excluding hydrogens is 302 g/mol. The maximum absolute atomic E-state index is 11.6. The number of ketones is 1. The lowest BCUT2D eigenvalue weighted by Gasteiger charge is -2.05. The maximum atomic E-state index is 11.6. The zero-order chi connectivity index (χ0) is 14.9. The zero-order valence-corrected chi connectivity index (χ0v) is 12.2. The van der Waals surface area contributed by atoms with Crippen LogP contribution in [0, 0.1) is 0 Å². The summed E-state index contributed by atoms with van der Waals surface area (Å²) >= 11 is 7.09. The van der Waals surface area contributed by atoms with Gasteiger partial charge in [-0.1, -0.05) is 11.6 Å². The van der Waals surface area contributed by atoms with E-state index >= 15 is 0 Å². The number of Topliss-reactive ketones (excluding diaryl/α,β-unsaturated/α-hetero) is 1. The quantitative estimate of drug-likeness (QED) is 0.691. The Labute approximate surface area is 123 Å². The van der Waals surface area contributed by atoms with Crippen molar-refractivity contribution in [2.75, 3.05) is 12.8 Å². The molecule has 0 spiro atoms. The lowest BCUT2D eigenvalue weighted by atomic mass is 10.3. The molecule has 20 heavy (non-hydrogen) atoms. The molecule has 2 N–H and O–H groups in total. The van der Waals surface area contributed by atoms with Crippen LogP contribution in [0.4, 0.5) is 5.82 Å². The Hall–Kier alpha value is -1.99. The van der Waals surface area contributed by atoms with E-state index in [2.05, 4.69) is 14.7 Å². The van der Waals surface area contributed by atoms with Crippen LogP contribution in [-0.2, 0) is 4.74 Å². The molecule has 104 valence electrons. The van der Waals surface area contributed by atoms with Crippen LogP contribution in [0.15, 0.2) is 12.1 Å². The highest BCUT2D eigenvalue weighted by Gasteiger charge is 2.19. The van der Waals surface area contributed by atoms with Crippen LogP contribution in [0.25, 0.3) is 10.7 Å². The number of nitrogens with two attached hydrogens (primary N) is 1. The molecule has 0 unspecified atom stereocenters. The van der Waals surface area contributed by atoms with E-state index in [0.717, 1.165) is 0 Å². The second-order valence-corrected chi connectivity index (χ2v) is 5.27. The molecule has 6 nitrogen and oxygen atoms in total. The number of carbonyl (C=O) groups is 2. The Morgan fingerprint density at radius 1 is 1.35 bits per heavy atom. The fraction of sp³-hybridized carbons (Fsp3) is 0.167. The number of methoxy groups -OCH3 is 1. The third-order valence-corrected chi connectivity index (χ3v) is 3.98. The standard InChI is InChI=1S/C12H10ClN3O3S/c1-5(17)6-3-4-7(20-6)11-15-9(12(18)19-2)8(13)10(14)16-11/h3-4H,1-2H3,(H2,14,15,16). The van der Waals surface area contributed by atoms with E-state index in [1.807, 2.05) is 0 Å². The molecule has 0 saturated heterocycles. The van der Waals surface area contributed by atoms with E-state index in [9.17, 15) is 9.59 Å². The Kier molecular flexibility index (Phi) is 4.01. The van der Waals surface area contributed by atoms with Gasteiger partial charge >= 0.3 is 5.97 Å². The predicted octanol–water partition coefficient (Wildman–Crippen LogP) is 2.43. The predicted molar refractivity (Wildman–Crippen MR) is 76.1 cm³/mol. The number of hydrogen-bond donors (Lipinski definition) is 1. The molecule has 0 radical (unpaired) electrons. The molecule has 2 aromatic heterocycles. The monoisotopic (exact) mass is 311 g/mol. The van der Waals surface area contributed by atoms with Gasteiger partial charge in [0.2, 0.25) is 0 Å². The number of anilines is 1. The summed E-state index contributed by atoms with van der Waals surface area (Å²) in [5, 5.41) is -0.0519. The highest BCUT2D eigenvalue weighted by Crippen LogP contribution is 2.29. The van der Waals surface area contributed by atoms with Gasteiger partial charge in [0.25, 0.3) is 0 Å². The number of hydrogen-bond acceptors (Lipinski definition) is 7. The highest BCUT2D eigenvalue weighted by atomic mass is 35.5. The number of aromatic nitrogens is 2. The van der Waals surface area contributed by atoms with Crippen LogP contribution in [-0.4, -0.2) is 28.8 Å². The van der Waals surface area contributed by atoms with Crippen LogP contribution < -0.4 is 5.73 Å². The van der Waals surface area contributed by atoms with Crippen molar-refractivity contribution in [1.29, 1.82) is 0 Å². The molecule has 0 fully saturated rings. The van der Waals surface area contributed by atoms with Gasteiger partial charge in [-0.15, -0.1) is 11.3 Å². The number of rotatable bonds is 3. The van der Waals surface area contributed by atoms with Crippen LogP contribution >= 0.6 is 22.9 Å². The first-order chi connectivity index (χ1) is 9.43. The van der Waals surface area contributed by atoms with Crippen molar-refractivity contribution in [3.63, 3.8) is 0 Å². The maximum Gasteiger partial charge on any atom is 0.358 e. The highest BCUT2D eigenvalue weighted by molar-refractivity contribution is 7.17. The van der Waals surface area contributed by atoms with Gasteiger partial charge in [-0.3, -0.25) is 4.79 Å². The van der Waals surface area contributed by atoms with Gasteiger partial charge in [-0.25, -0.2) is 14.8 Å². The molecule has 0 amide bonds. The summed E-state index contributed by atoms with van der Waals surface area (Å²) in [6, 6.07) is 3.35. The van der Waals surface area contributed by atoms with E-state index in [4.69, 9.17) is 17.3 Å². The van der Waals surface area contributed by atoms with E-state index in [0.29, 0.717) is 9.75 Å². The largest absolute Gasteiger partial charge is 0.464 e. The van der Waals surface area contributed by atoms with E-state index in [1.54, 1.807) is 12.1 Å². The molecule has 2 aromatic rings. The first kappa shape index (κ1) is 14.4. The lowest BCUT2D eigenvalue weighted by molar-refractivity contribution is 0.0594. The van der Waals surface area contributed by atoms with Gasteiger partial charge in [0.05, 0.1) is 16.9 Å². The molecule has 0 aliphatic carbocycles. The molecule has 0 bridgehead atoms. The molecule has 0 saturated carbocycles. The average molecular weight is 312 g/mol. The topological polar surface area (TPSA) is 95.2 Å². The van der Waals surface area contributed by atoms with Gasteiger partial charge in [0.15, 0.2) is 17.3 Å². The molecular formula is C12H10ClN3O3S. The fourth-order valence-electron chi connectivity index (χ4n) is 1.45. The second-order valence-electron chi connectivity index (χ2n) is 3.81. The molecule has 2 heterocycles. The molecule has 0 aliphatic rings. The van der Waals surface area contributed by atoms with Crippen molar-refractivity contribution in [2.45, 2.75) is 6.92 Å². The SMILES string of the molecule is COC(=O)c1nc(-c2ccc(C(C)=O)s2)nc(N)c1Cl. The number of halogens is 1. The van der Waals surface area contributed by atoms with Crippen molar-refractivity contribution in [3.05, 3.63) is 27.7 Å². The van der Waals surface area contributed by atoms with Crippen molar-refractivity contribution in [3.8, 4) is 10.7 Å². The Bertz CT molecular complexity index is 699. The minimum Gasteiger partial charge on any atom is -0.464 e. The third kappa shape index (κ3) is 2.63. The number of carbonyl (C=O) groups excluding carboxylic acids is 2. The summed E-state index contributed by atoms with van der Waals surface area (Å²) in [6.07, 6.45) is 0. The van der Waals surface area contributed by atoms with Crippen molar-refractivity contribution >= 4 is 40.5 Å². The van der Waals surface area contributed by atoms with Crippen molar-refractivity contribution in [1.82, 2.24) is 9.97 Å². The smallest absolute Gasteiger partial charge is 0.358 e. The van der Waals surface area contributed by atoms with Crippen LogP contribution in [0.3, 0.4) is 0 Å². The molecule has 0 atom stereocenters. The number of thiophene rings is 1. The number of nitrogens with zero attached hydrogens (tertiary/aromatic N) is 2. The van der Waals surface area contributed by atoms with Crippen molar-refractivity contribution in [2.24, 2.45) is 0 Å². The minimum atomic E-state index is -0.700. The summed E-state index contributed by atoms with van der Waals surface area (Å²) in [5.74, 6) is -0.551. The molecule has 0 aromatic carbocycles. The second kappa shape index (κ2) is 5.56. The normalized spacial score (nSPS) is 10.3. The van der Waals surface area contributed by atoms with Gasteiger partial charge in [0.1, 0.15) is 10.8 Å². The first-order valence-electron chi connectivity index (χ1n) is 5.46. The number of nitrogen functional groups attached to an aromatic ring is 1. The summed E-state index contributed by atoms with van der Waals surface area (Å²) in [6.45, 7) is 1.46. The summed E-state index contributed by atoms with van der Waals surface area (Å²) in [4.78, 5) is 32.1. The van der Waals surface area contributed by atoms with E-state index < -0.39 is 5.97 Å². The Morgan fingerprint density at radius 2 is 2.05 bits per heavy atom. The van der Waals surface area contributed by atoms with Gasteiger partial charge < -0.3 is 10.5 Å². The Morgan fingerprint density at radius 3 is 2.60 bits per heavy atom. The first-order valence-corrected chi connectivity index (χ1v) is 6.66. The van der Waals surface area contributed by atoms with Crippen LogP contribution in [0.1, 0.15) is 27.1 Å². The Balaban J connectivity index is 2.54. The van der Waals surface area contributed by atoms with Gasteiger partial charge in [0, 0.05) is 0 Å². The summed E-state index contributed by atoms with van der Waals surface area (Å²) in [7, 11) is 1.22. The third-order valence-electron chi connectivity index (χ3n) is 2.43. The average Bonchev–Trinajstić information content (AvgIpc) is 2.90.